The van der Waals surface area contributed by atoms with E-state index in [1.165, 1.54) is 6.20 Å². The SMILES string of the molecule is CC(Oc1ccc2ccccc2c1)C(=O)NNC(=O)c1ccc(-n2ccnc2)nc1. The molecule has 0 fully saturated rings. The van der Waals surface area contributed by atoms with E-state index in [0.717, 1.165) is 10.8 Å². The van der Waals surface area contributed by atoms with E-state index in [4.69, 9.17) is 4.74 Å². The Bertz CT molecular complexity index is 1170. The Labute approximate surface area is 172 Å². The summed E-state index contributed by atoms with van der Waals surface area (Å²) >= 11 is 0. The Morgan fingerprint density at radius 2 is 1.87 bits per heavy atom. The molecule has 30 heavy (non-hydrogen) atoms. The molecule has 2 aromatic heterocycles. The van der Waals surface area contributed by atoms with E-state index >= 15 is 0 Å². The smallest absolute Gasteiger partial charge is 0.279 e. The average Bonchev–Trinajstić information content (AvgIpc) is 3.32. The maximum absolute atomic E-state index is 12.3. The minimum Gasteiger partial charge on any atom is -0.481 e. The van der Waals surface area contributed by atoms with Crippen LogP contribution < -0.4 is 15.6 Å². The third-order valence-corrected chi connectivity index (χ3v) is 4.48. The van der Waals surface area contributed by atoms with Crippen LogP contribution in [0.3, 0.4) is 0 Å². The van der Waals surface area contributed by atoms with E-state index in [-0.39, 0.29) is 0 Å². The quantitative estimate of drug-likeness (QED) is 0.501. The number of hydrogen-bond donors (Lipinski definition) is 2. The van der Waals surface area contributed by atoms with Crippen LogP contribution in [0, 0.1) is 0 Å². The zero-order valence-corrected chi connectivity index (χ0v) is 16.1. The Morgan fingerprint density at radius 3 is 2.60 bits per heavy atom. The molecule has 1 unspecified atom stereocenters. The first-order chi connectivity index (χ1) is 14.6. The molecule has 0 saturated heterocycles. The van der Waals surface area contributed by atoms with Crippen molar-refractivity contribution in [1.29, 1.82) is 0 Å². The molecule has 4 aromatic rings. The molecule has 0 saturated carbocycles. The minimum absolute atomic E-state index is 0.308. The summed E-state index contributed by atoms with van der Waals surface area (Å²) < 4.78 is 7.41. The Hall–Kier alpha value is -4.20. The van der Waals surface area contributed by atoms with E-state index in [0.29, 0.717) is 17.1 Å². The van der Waals surface area contributed by atoms with Crippen molar-refractivity contribution < 1.29 is 14.3 Å². The van der Waals surface area contributed by atoms with Gasteiger partial charge in [-0.25, -0.2) is 9.97 Å². The van der Waals surface area contributed by atoms with Gasteiger partial charge >= 0.3 is 0 Å². The zero-order valence-electron chi connectivity index (χ0n) is 16.1. The highest BCUT2D eigenvalue weighted by molar-refractivity contribution is 5.95. The summed E-state index contributed by atoms with van der Waals surface area (Å²) in [7, 11) is 0. The number of ether oxygens (including phenoxy) is 1. The van der Waals surface area contributed by atoms with Crippen molar-refractivity contribution in [2.24, 2.45) is 0 Å². The van der Waals surface area contributed by atoms with Gasteiger partial charge in [-0.15, -0.1) is 0 Å². The summed E-state index contributed by atoms with van der Waals surface area (Å²) in [6.07, 6.45) is 5.62. The minimum atomic E-state index is -0.798. The highest BCUT2D eigenvalue weighted by atomic mass is 16.5. The largest absolute Gasteiger partial charge is 0.481 e. The molecule has 150 valence electrons. The van der Waals surface area contributed by atoms with Crippen molar-refractivity contribution in [1.82, 2.24) is 25.4 Å². The van der Waals surface area contributed by atoms with Crippen LogP contribution in [0.1, 0.15) is 17.3 Å². The molecule has 0 aliphatic carbocycles. The van der Waals surface area contributed by atoms with Crippen LogP contribution in [0.2, 0.25) is 0 Å². The zero-order chi connectivity index (χ0) is 20.9. The van der Waals surface area contributed by atoms with Crippen molar-refractivity contribution in [3.63, 3.8) is 0 Å². The Morgan fingerprint density at radius 1 is 1.03 bits per heavy atom. The number of fused-ring (bicyclic) bond motifs is 1. The molecule has 0 aliphatic rings. The van der Waals surface area contributed by atoms with Gasteiger partial charge < -0.3 is 4.74 Å². The van der Waals surface area contributed by atoms with E-state index < -0.39 is 17.9 Å². The number of imidazole rings is 1. The highest BCUT2D eigenvalue weighted by Crippen LogP contribution is 2.21. The lowest BCUT2D eigenvalue weighted by molar-refractivity contribution is -0.128. The van der Waals surface area contributed by atoms with Crippen LogP contribution in [0.25, 0.3) is 16.6 Å². The Kier molecular flexibility index (Phi) is 5.38. The third-order valence-electron chi connectivity index (χ3n) is 4.48. The van der Waals surface area contributed by atoms with Gasteiger partial charge in [0.15, 0.2) is 6.10 Å². The number of hydrogen-bond acceptors (Lipinski definition) is 5. The molecule has 0 bridgehead atoms. The van der Waals surface area contributed by atoms with Crippen LogP contribution in [0.15, 0.2) is 79.5 Å². The van der Waals surface area contributed by atoms with Crippen LogP contribution in [-0.2, 0) is 4.79 Å². The number of pyridine rings is 1. The summed E-state index contributed by atoms with van der Waals surface area (Å²) in [5.74, 6) is 0.248. The number of nitrogens with zero attached hydrogens (tertiary/aromatic N) is 3. The van der Waals surface area contributed by atoms with Crippen LogP contribution in [0.4, 0.5) is 0 Å². The maximum atomic E-state index is 12.3. The molecule has 1 atom stereocenters. The molecule has 4 rings (SSSR count). The monoisotopic (exact) mass is 401 g/mol. The van der Waals surface area contributed by atoms with Gasteiger partial charge in [0, 0.05) is 18.6 Å². The van der Waals surface area contributed by atoms with Gasteiger partial charge in [0.1, 0.15) is 17.9 Å². The van der Waals surface area contributed by atoms with E-state index in [1.54, 1.807) is 48.4 Å². The predicted octanol–water partition coefficient (Wildman–Crippen LogP) is 2.65. The molecule has 0 spiro atoms. The standard InChI is InChI=1S/C22H19N5O3/c1-15(30-19-8-6-16-4-2-3-5-17(16)12-19)21(28)25-26-22(29)18-7-9-20(24-13-18)27-11-10-23-14-27/h2-15H,1H3,(H,25,28)(H,26,29). The topological polar surface area (TPSA) is 98.1 Å². The summed E-state index contributed by atoms with van der Waals surface area (Å²) in [5.41, 5.74) is 5.05. The van der Waals surface area contributed by atoms with Gasteiger partial charge in [0.25, 0.3) is 11.8 Å². The lowest BCUT2D eigenvalue weighted by atomic mass is 10.1. The second kappa shape index (κ2) is 8.44. The highest BCUT2D eigenvalue weighted by Gasteiger charge is 2.16. The second-order valence-electron chi connectivity index (χ2n) is 6.59. The summed E-state index contributed by atoms with van der Waals surface area (Å²) in [5, 5.41) is 2.10. The van der Waals surface area contributed by atoms with Crippen LogP contribution in [-0.4, -0.2) is 32.5 Å². The fourth-order valence-electron chi connectivity index (χ4n) is 2.86. The average molecular weight is 401 g/mol. The van der Waals surface area contributed by atoms with Gasteiger partial charge in [-0.2, -0.15) is 0 Å². The first kappa shape index (κ1) is 19.1. The molecular weight excluding hydrogens is 382 g/mol. The molecule has 8 nitrogen and oxygen atoms in total. The van der Waals surface area contributed by atoms with Crippen LogP contribution in [0.5, 0.6) is 5.75 Å². The van der Waals surface area contributed by atoms with E-state index in [1.807, 2.05) is 36.4 Å². The fourth-order valence-corrected chi connectivity index (χ4v) is 2.86. The Balaban J connectivity index is 1.32. The van der Waals surface area contributed by atoms with Gasteiger partial charge in [0.2, 0.25) is 0 Å². The molecule has 0 aliphatic heterocycles. The number of benzene rings is 2. The first-order valence-electron chi connectivity index (χ1n) is 9.30. The molecule has 2 N–H and O–H groups in total. The molecule has 2 aromatic carbocycles. The molecule has 2 heterocycles. The number of carbonyl (C=O) groups excluding carboxylic acids is 2. The molecule has 0 radical (unpaired) electrons. The summed E-state index contributed by atoms with van der Waals surface area (Å²) in [6.45, 7) is 1.61. The summed E-state index contributed by atoms with van der Waals surface area (Å²) in [4.78, 5) is 32.7. The molecule has 8 heteroatoms. The number of amides is 2. The number of rotatable bonds is 5. The van der Waals surface area contributed by atoms with Gasteiger partial charge in [-0.3, -0.25) is 25.0 Å². The van der Waals surface area contributed by atoms with Gasteiger partial charge in [0.05, 0.1) is 5.56 Å². The number of nitrogens with one attached hydrogen (secondary N) is 2. The van der Waals surface area contributed by atoms with Crippen molar-refractivity contribution in [2.75, 3.05) is 0 Å². The van der Waals surface area contributed by atoms with Crippen molar-refractivity contribution in [2.45, 2.75) is 13.0 Å². The van der Waals surface area contributed by atoms with Gasteiger partial charge in [-0.05, 0) is 42.0 Å². The van der Waals surface area contributed by atoms with Crippen molar-refractivity contribution in [3.05, 3.63) is 85.1 Å². The van der Waals surface area contributed by atoms with Crippen molar-refractivity contribution in [3.8, 4) is 11.6 Å². The first-order valence-corrected chi connectivity index (χ1v) is 9.30. The normalized spacial score (nSPS) is 11.6. The van der Waals surface area contributed by atoms with Gasteiger partial charge in [-0.1, -0.05) is 30.3 Å². The fraction of sp³-hybridized carbons (Fsp3) is 0.0909. The lowest BCUT2D eigenvalue weighted by Crippen LogP contribution is -2.47. The molecular formula is C22H19N5O3. The van der Waals surface area contributed by atoms with E-state index in [9.17, 15) is 9.59 Å². The van der Waals surface area contributed by atoms with Crippen molar-refractivity contribution >= 4 is 22.6 Å². The number of hydrazine groups is 1. The third kappa shape index (κ3) is 4.27. The maximum Gasteiger partial charge on any atom is 0.279 e. The molecule has 2 amide bonds. The lowest BCUT2D eigenvalue weighted by Gasteiger charge is -2.15. The predicted molar refractivity (Wildman–Crippen MR) is 111 cm³/mol. The second-order valence-corrected chi connectivity index (χ2v) is 6.59. The number of carbonyl (C=O) groups is 2. The van der Waals surface area contributed by atoms with E-state index in [2.05, 4.69) is 20.8 Å². The van der Waals surface area contributed by atoms with Crippen LogP contribution >= 0.6 is 0 Å². The summed E-state index contributed by atoms with van der Waals surface area (Å²) in [6, 6.07) is 16.8. The number of aromatic nitrogens is 3.